The van der Waals surface area contributed by atoms with E-state index in [9.17, 15) is 32.0 Å². The standard InChI is InChI=1S/C35H43ClFN5O8S/c1-2-3-4-5-6-9-23-16-35(23,33(45)40-51(47,48)26-12-13-26)39-32(44)29-15-25(20-42(29)31(43)18-38-17-24-11-14-30(36)49-24)50-34(46)41-19-22-8-7-10-28(37)27(22)21-41/h6-11,14,23,25-26,29,38H,2-5,12-13,15-21H2,1H3,(H,39,44)(H,40,45)/b9-6-/t23-,25-,29+,35-/m1/s1. The highest BCUT2D eigenvalue weighted by molar-refractivity contribution is 7.91. The van der Waals surface area contributed by atoms with Gasteiger partial charge in [0.2, 0.25) is 21.8 Å². The van der Waals surface area contributed by atoms with E-state index in [1.165, 1.54) is 15.9 Å². The molecule has 0 unspecified atom stereocenters. The fourth-order valence-electron chi connectivity index (χ4n) is 6.71. The third-order valence-electron chi connectivity index (χ3n) is 9.85. The number of ether oxygens (including phenoxy) is 1. The number of benzene rings is 1. The summed E-state index contributed by atoms with van der Waals surface area (Å²) in [4.78, 5) is 57.1. The summed E-state index contributed by atoms with van der Waals surface area (Å²) >= 11 is 5.85. The molecule has 2 aromatic rings. The van der Waals surface area contributed by atoms with Gasteiger partial charge in [-0.3, -0.25) is 24.0 Å². The molecule has 3 N–H and O–H groups in total. The van der Waals surface area contributed by atoms with Crippen LogP contribution in [0.15, 0.2) is 46.9 Å². The Labute approximate surface area is 301 Å². The van der Waals surface area contributed by atoms with Crippen LogP contribution in [0.4, 0.5) is 9.18 Å². The van der Waals surface area contributed by atoms with Crippen LogP contribution in [0.2, 0.25) is 5.22 Å². The number of nitrogens with zero attached hydrogens (tertiary/aromatic N) is 2. The van der Waals surface area contributed by atoms with Crippen molar-refractivity contribution in [1.82, 2.24) is 25.2 Å². The van der Waals surface area contributed by atoms with Crippen LogP contribution in [0, 0.1) is 11.7 Å². The number of sulfonamides is 1. The first-order chi connectivity index (χ1) is 24.4. The van der Waals surface area contributed by atoms with Crippen molar-refractivity contribution < 1.29 is 41.1 Å². The Bertz CT molecular complexity index is 1800. The summed E-state index contributed by atoms with van der Waals surface area (Å²) in [5.41, 5.74) is -0.446. The van der Waals surface area contributed by atoms with E-state index in [-0.39, 0.29) is 50.8 Å². The van der Waals surface area contributed by atoms with Crippen molar-refractivity contribution in [3.05, 3.63) is 70.4 Å². The molecule has 1 aromatic heterocycles. The Morgan fingerprint density at radius 1 is 1.14 bits per heavy atom. The monoisotopic (exact) mass is 747 g/mol. The second-order valence-electron chi connectivity index (χ2n) is 13.7. The molecule has 3 heterocycles. The van der Waals surface area contributed by atoms with Crippen LogP contribution in [-0.4, -0.2) is 78.1 Å². The molecule has 4 aliphatic rings. The number of hydrogen-bond acceptors (Lipinski definition) is 9. The predicted octanol–water partition coefficient (Wildman–Crippen LogP) is 3.90. The minimum atomic E-state index is -3.90. The van der Waals surface area contributed by atoms with E-state index in [4.69, 9.17) is 20.8 Å². The van der Waals surface area contributed by atoms with Crippen LogP contribution in [0.1, 0.15) is 75.2 Å². The van der Waals surface area contributed by atoms with Gasteiger partial charge in [-0.2, -0.15) is 0 Å². The van der Waals surface area contributed by atoms with Crippen LogP contribution in [0.25, 0.3) is 0 Å². The van der Waals surface area contributed by atoms with Gasteiger partial charge in [-0.1, -0.05) is 44.1 Å². The van der Waals surface area contributed by atoms with Gasteiger partial charge in [-0.05, 0) is 67.5 Å². The van der Waals surface area contributed by atoms with Crippen LogP contribution < -0.4 is 15.4 Å². The van der Waals surface area contributed by atoms with Gasteiger partial charge < -0.3 is 24.7 Å². The molecule has 2 aliphatic heterocycles. The van der Waals surface area contributed by atoms with E-state index in [2.05, 4.69) is 22.3 Å². The van der Waals surface area contributed by atoms with E-state index in [0.717, 1.165) is 25.7 Å². The maximum absolute atomic E-state index is 14.3. The molecule has 276 valence electrons. The fourth-order valence-corrected chi connectivity index (χ4v) is 8.24. The summed E-state index contributed by atoms with van der Waals surface area (Å²) < 4.78 is 53.1. The Kier molecular flexibility index (Phi) is 11.1. The summed E-state index contributed by atoms with van der Waals surface area (Å²) in [6.45, 7) is 2.14. The van der Waals surface area contributed by atoms with Gasteiger partial charge in [0.15, 0.2) is 5.22 Å². The van der Waals surface area contributed by atoms with E-state index in [1.807, 2.05) is 12.2 Å². The minimum Gasteiger partial charge on any atom is -0.448 e. The third-order valence-corrected chi connectivity index (χ3v) is 11.9. The lowest BCUT2D eigenvalue weighted by atomic mass is 10.1. The van der Waals surface area contributed by atoms with E-state index < -0.39 is 68.5 Å². The topological polar surface area (TPSA) is 167 Å². The maximum atomic E-state index is 14.3. The molecule has 4 atom stereocenters. The Balaban J connectivity index is 1.16. The number of nitrogens with one attached hydrogen (secondary N) is 3. The summed E-state index contributed by atoms with van der Waals surface area (Å²) in [5, 5.41) is 5.33. The molecule has 0 radical (unpaired) electrons. The molecule has 16 heteroatoms. The van der Waals surface area contributed by atoms with Gasteiger partial charge in [0.25, 0.3) is 5.91 Å². The molecule has 13 nitrogen and oxygen atoms in total. The molecule has 4 amide bonds. The zero-order valence-electron chi connectivity index (χ0n) is 28.4. The van der Waals surface area contributed by atoms with Crippen LogP contribution in [0.3, 0.4) is 0 Å². The predicted molar refractivity (Wildman–Crippen MR) is 184 cm³/mol. The maximum Gasteiger partial charge on any atom is 0.410 e. The van der Waals surface area contributed by atoms with E-state index in [1.54, 1.807) is 24.3 Å². The summed E-state index contributed by atoms with van der Waals surface area (Å²) in [5.74, 6) is -2.33. The summed E-state index contributed by atoms with van der Waals surface area (Å²) in [6, 6.07) is 6.72. The van der Waals surface area contributed by atoms with E-state index in [0.29, 0.717) is 29.7 Å². The number of fused-ring (bicyclic) bond motifs is 1. The first-order valence-corrected chi connectivity index (χ1v) is 19.3. The lowest BCUT2D eigenvalue weighted by Gasteiger charge is -2.26. The molecule has 1 aromatic carbocycles. The first kappa shape index (κ1) is 36.8. The molecule has 2 saturated carbocycles. The van der Waals surface area contributed by atoms with Gasteiger partial charge in [-0.25, -0.2) is 17.6 Å². The molecule has 6 rings (SSSR count). The molecule has 0 spiro atoms. The minimum absolute atomic E-state index is 0.0234. The first-order valence-electron chi connectivity index (χ1n) is 17.4. The van der Waals surface area contributed by atoms with Gasteiger partial charge in [0.1, 0.15) is 29.3 Å². The quantitative estimate of drug-likeness (QED) is 0.181. The van der Waals surface area contributed by atoms with Crippen molar-refractivity contribution >= 4 is 45.4 Å². The number of likely N-dealkylation sites (tertiary alicyclic amines) is 1. The van der Waals surface area contributed by atoms with Gasteiger partial charge >= 0.3 is 6.09 Å². The molecular formula is C35H43ClFN5O8S. The number of carbonyl (C=O) groups excluding carboxylic acids is 4. The fraction of sp³-hybridized carbons (Fsp3) is 0.543. The summed E-state index contributed by atoms with van der Waals surface area (Å²) in [7, 11) is -3.90. The third kappa shape index (κ3) is 8.58. The molecule has 0 bridgehead atoms. The van der Waals surface area contributed by atoms with Crippen LogP contribution >= 0.6 is 11.6 Å². The van der Waals surface area contributed by atoms with Crippen molar-refractivity contribution in [2.45, 2.75) is 101 Å². The SMILES string of the molecule is CCCCC/C=C\[C@@H]1C[C@]1(NC(=O)[C@@H]1C[C@@H](OC(=O)N2Cc3cccc(F)c3C2)CN1C(=O)CNCc1ccc(Cl)o1)C(=O)NS(=O)(=O)C1CC1. The van der Waals surface area contributed by atoms with E-state index >= 15 is 0 Å². The number of allylic oxidation sites excluding steroid dienone is 1. The molecule has 51 heavy (non-hydrogen) atoms. The Morgan fingerprint density at radius 2 is 1.94 bits per heavy atom. The van der Waals surface area contributed by atoms with Crippen molar-refractivity contribution in [2.24, 2.45) is 5.92 Å². The van der Waals surface area contributed by atoms with Gasteiger partial charge in [0.05, 0.1) is 31.4 Å². The van der Waals surface area contributed by atoms with Crippen LogP contribution in [0.5, 0.6) is 0 Å². The summed E-state index contributed by atoms with van der Waals surface area (Å²) in [6.07, 6.45) is 7.04. The van der Waals surface area contributed by atoms with Gasteiger partial charge in [-0.15, -0.1) is 0 Å². The highest BCUT2D eigenvalue weighted by Crippen LogP contribution is 2.46. The number of hydrogen-bond donors (Lipinski definition) is 3. The number of unbranched alkanes of at least 4 members (excludes halogenated alkanes) is 3. The molecule has 2 aliphatic carbocycles. The number of carbonyl (C=O) groups is 4. The second-order valence-corrected chi connectivity index (χ2v) is 16.1. The Morgan fingerprint density at radius 3 is 2.65 bits per heavy atom. The normalized spacial score (nSPS) is 24.1. The largest absolute Gasteiger partial charge is 0.448 e. The van der Waals surface area contributed by atoms with Crippen molar-refractivity contribution in [3.63, 3.8) is 0 Å². The Hall–Kier alpha value is -3.95. The number of rotatable bonds is 15. The zero-order valence-corrected chi connectivity index (χ0v) is 29.9. The van der Waals surface area contributed by atoms with Crippen molar-refractivity contribution in [2.75, 3.05) is 13.1 Å². The average molecular weight is 748 g/mol. The number of amides is 4. The number of halogens is 2. The highest BCUT2D eigenvalue weighted by atomic mass is 35.5. The lowest BCUT2D eigenvalue weighted by molar-refractivity contribution is -0.139. The molecule has 3 fully saturated rings. The van der Waals surface area contributed by atoms with Crippen molar-refractivity contribution in [3.8, 4) is 0 Å². The number of furan rings is 1. The molecular weight excluding hydrogens is 705 g/mol. The van der Waals surface area contributed by atoms with Gasteiger partial charge in [0, 0.05) is 24.4 Å². The van der Waals surface area contributed by atoms with Crippen LogP contribution in [-0.2, 0) is 48.8 Å². The highest BCUT2D eigenvalue weighted by Gasteiger charge is 2.62. The second kappa shape index (κ2) is 15.3. The zero-order chi connectivity index (χ0) is 36.3. The average Bonchev–Trinajstić information content (AvgIpc) is 3.90. The smallest absolute Gasteiger partial charge is 0.410 e. The lowest BCUT2D eigenvalue weighted by Crippen LogP contribution is -2.57. The molecule has 1 saturated heterocycles. The van der Waals surface area contributed by atoms with Crippen molar-refractivity contribution in [1.29, 1.82) is 0 Å².